The molecule has 0 spiro atoms. The van der Waals surface area contributed by atoms with Crippen molar-refractivity contribution in [1.29, 1.82) is 0 Å². The third-order valence-corrected chi connectivity index (χ3v) is 5.33. The van der Waals surface area contributed by atoms with Crippen molar-refractivity contribution in [3.05, 3.63) is 10.4 Å². The minimum Gasteiger partial charge on any atom is -0.465 e. The molecular weight excluding hydrogens is 498 g/mol. The average Bonchev–Trinajstić information content (AvgIpc) is 3.04. The van der Waals surface area contributed by atoms with E-state index in [2.05, 4.69) is 10.0 Å². The van der Waals surface area contributed by atoms with Gasteiger partial charge in [0.05, 0.1) is 21.7 Å². The summed E-state index contributed by atoms with van der Waals surface area (Å²) in [5.74, 6) is -2.56. The second-order valence-electron chi connectivity index (χ2n) is 13.5. The lowest BCUT2D eigenvalue weighted by molar-refractivity contribution is -0.207. The molecule has 1 aliphatic heterocycles. The normalized spacial score (nSPS) is 23.1. The Morgan fingerprint density at radius 1 is 0.711 bits per heavy atom. The monoisotopic (exact) mass is 541 g/mol. The number of carbonyl (C=O) groups is 4. The average molecular weight is 542 g/mol. The number of azide groups is 1. The molecule has 0 aromatic heterocycles. The molecule has 0 radical (unpaired) electrons. The first kappa shape index (κ1) is 33.2. The van der Waals surface area contributed by atoms with Gasteiger partial charge in [0.15, 0.2) is 6.10 Å². The predicted octanol–water partition coefficient (Wildman–Crippen LogP) is 4.48. The lowest BCUT2D eigenvalue weighted by Crippen LogP contribution is -2.48. The summed E-state index contributed by atoms with van der Waals surface area (Å²) in [4.78, 5) is 53.8. The maximum Gasteiger partial charge on any atom is 0.313 e. The Kier molecular flexibility index (Phi) is 10.4. The minimum absolute atomic E-state index is 0.422. The van der Waals surface area contributed by atoms with Crippen molar-refractivity contribution in [2.45, 2.75) is 114 Å². The standard InChI is InChI=1S/C26H43N3O9/c1-23(2,3)19(30)34-13-14(28-29-27)15-16(36-20(31)24(4,5)6)17(37-21(32)25(7,8)9)18(35-15)38-22(33)26(10,11)12/h14-18H,13H2,1-12H3. The van der Waals surface area contributed by atoms with Gasteiger partial charge in [-0.15, -0.1) is 0 Å². The predicted molar refractivity (Wildman–Crippen MR) is 136 cm³/mol. The van der Waals surface area contributed by atoms with Crippen LogP contribution in [-0.4, -0.2) is 61.1 Å². The van der Waals surface area contributed by atoms with Gasteiger partial charge in [0.1, 0.15) is 18.8 Å². The van der Waals surface area contributed by atoms with Gasteiger partial charge in [0.2, 0.25) is 12.4 Å². The van der Waals surface area contributed by atoms with Crippen molar-refractivity contribution >= 4 is 23.9 Å². The molecule has 216 valence electrons. The first-order valence-electron chi connectivity index (χ1n) is 12.5. The second-order valence-corrected chi connectivity index (χ2v) is 13.5. The van der Waals surface area contributed by atoms with Crippen molar-refractivity contribution in [3.8, 4) is 0 Å². The zero-order valence-electron chi connectivity index (χ0n) is 24.6. The van der Waals surface area contributed by atoms with Crippen molar-refractivity contribution < 1.29 is 42.9 Å². The third kappa shape index (κ3) is 9.16. The first-order valence-corrected chi connectivity index (χ1v) is 12.5. The summed E-state index contributed by atoms with van der Waals surface area (Å²) in [6.07, 6.45) is -5.51. The van der Waals surface area contributed by atoms with Gasteiger partial charge >= 0.3 is 23.9 Å². The Balaban J connectivity index is 3.57. The van der Waals surface area contributed by atoms with Crippen LogP contribution in [0.2, 0.25) is 0 Å². The van der Waals surface area contributed by atoms with E-state index in [0.29, 0.717) is 0 Å². The molecule has 1 heterocycles. The molecule has 0 bridgehead atoms. The second kappa shape index (κ2) is 11.9. The molecule has 0 saturated carbocycles. The summed E-state index contributed by atoms with van der Waals surface area (Å²) < 4.78 is 28.3. The van der Waals surface area contributed by atoms with E-state index in [1.807, 2.05) is 0 Å². The molecule has 1 aliphatic rings. The Hall–Kier alpha value is -2.85. The fourth-order valence-electron chi connectivity index (χ4n) is 2.83. The van der Waals surface area contributed by atoms with Gasteiger partial charge in [0, 0.05) is 4.91 Å². The number of rotatable bonds is 7. The molecule has 1 rings (SSSR count). The lowest BCUT2D eigenvalue weighted by Gasteiger charge is -2.30. The molecule has 0 aromatic carbocycles. The minimum atomic E-state index is -1.49. The van der Waals surface area contributed by atoms with Crippen LogP contribution >= 0.6 is 0 Å². The van der Waals surface area contributed by atoms with Crippen LogP contribution in [0.25, 0.3) is 10.4 Å². The van der Waals surface area contributed by atoms with Crippen molar-refractivity contribution in [2.24, 2.45) is 26.8 Å². The van der Waals surface area contributed by atoms with Crippen LogP contribution in [0, 0.1) is 21.7 Å². The van der Waals surface area contributed by atoms with E-state index in [-0.39, 0.29) is 0 Å². The molecule has 0 N–H and O–H groups in total. The fourth-order valence-corrected chi connectivity index (χ4v) is 2.83. The van der Waals surface area contributed by atoms with Crippen molar-refractivity contribution in [2.75, 3.05) is 6.61 Å². The molecule has 1 saturated heterocycles. The van der Waals surface area contributed by atoms with E-state index >= 15 is 0 Å². The molecule has 12 nitrogen and oxygen atoms in total. The van der Waals surface area contributed by atoms with E-state index in [0.717, 1.165) is 0 Å². The molecule has 5 atom stereocenters. The molecule has 1 fully saturated rings. The summed E-state index contributed by atoms with van der Waals surface area (Å²) in [5, 5.41) is 3.71. The van der Waals surface area contributed by atoms with Crippen molar-refractivity contribution in [1.82, 2.24) is 0 Å². The number of hydrogen-bond acceptors (Lipinski definition) is 10. The largest absolute Gasteiger partial charge is 0.465 e. The van der Waals surface area contributed by atoms with Crippen LogP contribution in [0.4, 0.5) is 0 Å². The van der Waals surface area contributed by atoms with Gasteiger partial charge < -0.3 is 23.7 Å². The van der Waals surface area contributed by atoms with Gasteiger partial charge in [0.25, 0.3) is 0 Å². The molecule has 0 amide bonds. The smallest absolute Gasteiger partial charge is 0.313 e. The van der Waals surface area contributed by atoms with Gasteiger partial charge in [-0.25, -0.2) is 0 Å². The number of esters is 4. The highest BCUT2D eigenvalue weighted by atomic mass is 16.7. The van der Waals surface area contributed by atoms with Crippen LogP contribution in [0.1, 0.15) is 83.1 Å². The number of ether oxygens (including phenoxy) is 5. The van der Waals surface area contributed by atoms with E-state index in [1.54, 1.807) is 83.1 Å². The zero-order valence-corrected chi connectivity index (χ0v) is 24.6. The topological polar surface area (TPSA) is 163 Å². The number of carbonyl (C=O) groups excluding carboxylic acids is 4. The summed E-state index contributed by atoms with van der Waals surface area (Å²) in [5.41, 5.74) is 5.54. The SMILES string of the molecule is CC(C)(C)C(=O)OCC(N=[N+]=[N-])C1OC(OC(=O)C(C)(C)C)C(OC(=O)C(C)(C)C)C1OC(=O)C(C)(C)C. The summed E-state index contributed by atoms with van der Waals surface area (Å²) >= 11 is 0. The number of nitrogens with zero attached hydrogens (tertiary/aromatic N) is 3. The highest BCUT2D eigenvalue weighted by molar-refractivity contribution is 5.78. The Morgan fingerprint density at radius 3 is 1.50 bits per heavy atom. The quantitative estimate of drug-likeness (QED) is 0.148. The molecule has 5 unspecified atom stereocenters. The molecule has 0 aromatic rings. The lowest BCUT2D eigenvalue weighted by atomic mass is 9.95. The molecular formula is C26H43N3O9. The molecule has 38 heavy (non-hydrogen) atoms. The Labute approximate surface area is 224 Å². The van der Waals surface area contributed by atoms with Crippen LogP contribution in [-0.2, 0) is 42.9 Å². The zero-order chi connectivity index (χ0) is 29.9. The van der Waals surface area contributed by atoms with E-state index in [9.17, 15) is 24.7 Å². The highest BCUT2D eigenvalue weighted by Gasteiger charge is 2.56. The summed E-state index contributed by atoms with van der Waals surface area (Å²) in [6, 6.07) is -1.21. The van der Waals surface area contributed by atoms with Gasteiger partial charge in [-0.3, -0.25) is 19.2 Å². The molecule has 0 aliphatic carbocycles. The number of hydrogen-bond donors (Lipinski definition) is 0. The van der Waals surface area contributed by atoms with Crippen LogP contribution in [0.3, 0.4) is 0 Å². The van der Waals surface area contributed by atoms with E-state index in [4.69, 9.17) is 23.7 Å². The maximum atomic E-state index is 12.9. The van der Waals surface area contributed by atoms with Gasteiger partial charge in [-0.1, -0.05) is 5.11 Å². The third-order valence-electron chi connectivity index (χ3n) is 5.33. The highest BCUT2D eigenvalue weighted by Crippen LogP contribution is 2.35. The first-order chi connectivity index (χ1) is 17.0. The fraction of sp³-hybridized carbons (Fsp3) is 0.846. The Bertz CT molecular complexity index is 945. The summed E-state index contributed by atoms with van der Waals surface area (Å²) in [6.45, 7) is 19.2. The van der Waals surface area contributed by atoms with Gasteiger partial charge in [-0.05, 0) is 88.6 Å². The molecule has 12 heteroatoms. The summed E-state index contributed by atoms with van der Waals surface area (Å²) in [7, 11) is 0. The Morgan fingerprint density at radius 2 is 1.11 bits per heavy atom. The van der Waals surface area contributed by atoms with Crippen LogP contribution in [0.5, 0.6) is 0 Å². The van der Waals surface area contributed by atoms with E-state index < -0.39 is 82.8 Å². The van der Waals surface area contributed by atoms with Crippen LogP contribution < -0.4 is 0 Å². The maximum absolute atomic E-state index is 12.9. The van der Waals surface area contributed by atoms with Crippen molar-refractivity contribution in [3.63, 3.8) is 0 Å². The van der Waals surface area contributed by atoms with Crippen LogP contribution in [0.15, 0.2) is 5.11 Å². The van der Waals surface area contributed by atoms with E-state index in [1.165, 1.54) is 0 Å². The van der Waals surface area contributed by atoms with Gasteiger partial charge in [-0.2, -0.15) is 0 Å².